The second-order valence-electron chi connectivity index (χ2n) is 3.99. The molecule has 1 aromatic heterocycles. The molecular formula is C13H10ClF3N2O. The molecule has 0 fully saturated rings. The van der Waals surface area contributed by atoms with E-state index in [-0.39, 0.29) is 12.0 Å². The summed E-state index contributed by atoms with van der Waals surface area (Å²) >= 11 is 6.04. The van der Waals surface area contributed by atoms with Crippen molar-refractivity contribution in [3.63, 3.8) is 0 Å². The van der Waals surface area contributed by atoms with Gasteiger partial charge in [0.15, 0.2) is 17.5 Å². The quantitative estimate of drug-likeness (QED) is 0.641. The number of hydrogen-bond donors (Lipinski definition) is 0. The van der Waals surface area contributed by atoms with E-state index in [0.29, 0.717) is 11.6 Å². The van der Waals surface area contributed by atoms with E-state index >= 15 is 0 Å². The van der Waals surface area contributed by atoms with Crippen LogP contribution in [0.1, 0.15) is 16.6 Å². The summed E-state index contributed by atoms with van der Waals surface area (Å²) in [6.07, 6.45) is 1.40. The fourth-order valence-electron chi connectivity index (χ4n) is 1.68. The van der Waals surface area contributed by atoms with Crippen molar-refractivity contribution in [1.29, 1.82) is 0 Å². The Kier molecular flexibility index (Phi) is 4.44. The largest absolute Gasteiger partial charge is 0.481 e. The van der Waals surface area contributed by atoms with Gasteiger partial charge in [0.05, 0.1) is 12.5 Å². The molecule has 0 amide bonds. The number of alkyl halides is 1. The van der Waals surface area contributed by atoms with Crippen LogP contribution in [-0.4, -0.2) is 17.1 Å². The summed E-state index contributed by atoms with van der Waals surface area (Å²) < 4.78 is 44.5. The molecule has 3 nitrogen and oxygen atoms in total. The van der Waals surface area contributed by atoms with E-state index in [0.717, 1.165) is 12.1 Å². The number of benzene rings is 1. The molecule has 0 radical (unpaired) electrons. The molecular weight excluding hydrogens is 293 g/mol. The van der Waals surface area contributed by atoms with Gasteiger partial charge in [-0.25, -0.2) is 23.1 Å². The standard InChI is InChI=1S/C13H10ClF3N2O/c1-20-11-5-7(18-6-19-11)4-9(14)8-2-3-10(15)13(17)12(8)16/h2-3,5-6,9H,4H2,1H3. The number of hydrogen-bond acceptors (Lipinski definition) is 3. The first-order valence-corrected chi connectivity index (χ1v) is 6.09. The van der Waals surface area contributed by atoms with Gasteiger partial charge < -0.3 is 4.74 Å². The molecule has 0 N–H and O–H groups in total. The van der Waals surface area contributed by atoms with Crippen LogP contribution in [0.3, 0.4) is 0 Å². The van der Waals surface area contributed by atoms with E-state index < -0.39 is 22.8 Å². The minimum atomic E-state index is -1.53. The van der Waals surface area contributed by atoms with Crippen LogP contribution in [0.4, 0.5) is 13.2 Å². The molecule has 0 aliphatic rings. The zero-order valence-electron chi connectivity index (χ0n) is 10.4. The number of aromatic nitrogens is 2. The van der Waals surface area contributed by atoms with Crippen molar-refractivity contribution < 1.29 is 17.9 Å². The molecule has 0 aliphatic heterocycles. The van der Waals surface area contributed by atoms with Crippen molar-refractivity contribution in [3.05, 3.63) is 53.2 Å². The highest BCUT2D eigenvalue weighted by Crippen LogP contribution is 2.29. The Morgan fingerprint density at radius 2 is 1.95 bits per heavy atom. The molecule has 1 aromatic carbocycles. The molecule has 0 bridgehead atoms. The summed E-state index contributed by atoms with van der Waals surface area (Å²) in [6, 6.07) is 3.49. The number of halogens is 4. The van der Waals surface area contributed by atoms with Gasteiger partial charge in [-0.05, 0) is 6.07 Å². The van der Waals surface area contributed by atoms with E-state index in [1.165, 1.54) is 19.5 Å². The average Bonchev–Trinajstić information content (AvgIpc) is 2.45. The van der Waals surface area contributed by atoms with Gasteiger partial charge in [-0.1, -0.05) is 6.07 Å². The zero-order valence-corrected chi connectivity index (χ0v) is 11.2. The van der Waals surface area contributed by atoms with Crippen LogP contribution in [0, 0.1) is 17.5 Å². The molecule has 0 aliphatic carbocycles. The van der Waals surface area contributed by atoms with Gasteiger partial charge in [0.1, 0.15) is 6.33 Å². The fraction of sp³-hybridized carbons (Fsp3) is 0.231. The molecule has 1 unspecified atom stereocenters. The van der Waals surface area contributed by atoms with Gasteiger partial charge >= 0.3 is 0 Å². The Morgan fingerprint density at radius 3 is 2.65 bits per heavy atom. The lowest BCUT2D eigenvalue weighted by Gasteiger charge is -2.11. The molecule has 0 saturated carbocycles. The first kappa shape index (κ1) is 14.6. The van der Waals surface area contributed by atoms with Crippen molar-refractivity contribution >= 4 is 11.6 Å². The summed E-state index contributed by atoms with van der Waals surface area (Å²) in [5.74, 6) is -3.73. The SMILES string of the molecule is COc1cc(CC(Cl)c2ccc(F)c(F)c2F)ncn1. The van der Waals surface area contributed by atoms with Crippen molar-refractivity contribution in [3.8, 4) is 5.88 Å². The third kappa shape index (κ3) is 3.01. The lowest BCUT2D eigenvalue weighted by atomic mass is 10.1. The highest BCUT2D eigenvalue weighted by Gasteiger charge is 2.20. The summed E-state index contributed by atoms with van der Waals surface area (Å²) in [5, 5.41) is -0.885. The minimum absolute atomic E-state index is 0.122. The second-order valence-corrected chi connectivity index (χ2v) is 4.51. The summed E-state index contributed by atoms with van der Waals surface area (Å²) in [7, 11) is 1.44. The highest BCUT2D eigenvalue weighted by atomic mass is 35.5. The van der Waals surface area contributed by atoms with E-state index in [1.54, 1.807) is 0 Å². The molecule has 106 valence electrons. The van der Waals surface area contributed by atoms with E-state index in [1.807, 2.05) is 0 Å². The summed E-state index contributed by atoms with van der Waals surface area (Å²) in [4.78, 5) is 7.78. The lowest BCUT2D eigenvalue weighted by Crippen LogP contribution is -2.04. The molecule has 2 aromatic rings. The predicted molar refractivity (Wildman–Crippen MR) is 67.2 cm³/mol. The Balaban J connectivity index is 2.23. The Hall–Kier alpha value is -1.82. The summed E-state index contributed by atoms with van der Waals surface area (Å²) in [5.41, 5.74) is 0.379. The molecule has 1 atom stereocenters. The minimum Gasteiger partial charge on any atom is -0.481 e. The van der Waals surface area contributed by atoms with Gasteiger partial charge in [0.2, 0.25) is 5.88 Å². The smallest absolute Gasteiger partial charge is 0.216 e. The number of methoxy groups -OCH3 is 1. The molecule has 7 heteroatoms. The van der Waals surface area contributed by atoms with Crippen molar-refractivity contribution in [2.75, 3.05) is 7.11 Å². The van der Waals surface area contributed by atoms with Crippen LogP contribution in [0.2, 0.25) is 0 Å². The van der Waals surface area contributed by atoms with Crippen molar-refractivity contribution in [1.82, 2.24) is 9.97 Å². The first-order chi connectivity index (χ1) is 9.52. The van der Waals surface area contributed by atoms with Crippen LogP contribution in [0.5, 0.6) is 5.88 Å². The van der Waals surface area contributed by atoms with Crippen LogP contribution in [-0.2, 0) is 6.42 Å². The fourth-order valence-corrected chi connectivity index (χ4v) is 2.00. The number of rotatable bonds is 4. The van der Waals surface area contributed by atoms with Gasteiger partial charge in [0.25, 0.3) is 0 Å². The van der Waals surface area contributed by atoms with Crippen LogP contribution in [0.15, 0.2) is 24.5 Å². The maximum atomic E-state index is 13.6. The zero-order chi connectivity index (χ0) is 14.7. The topological polar surface area (TPSA) is 35.0 Å². The Bertz CT molecular complexity index is 625. The molecule has 1 heterocycles. The second kappa shape index (κ2) is 6.09. The maximum absolute atomic E-state index is 13.6. The average molecular weight is 303 g/mol. The molecule has 0 spiro atoms. The third-order valence-electron chi connectivity index (χ3n) is 2.70. The molecule has 2 rings (SSSR count). The van der Waals surface area contributed by atoms with Crippen LogP contribution >= 0.6 is 11.6 Å². The molecule has 20 heavy (non-hydrogen) atoms. The van der Waals surface area contributed by atoms with E-state index in [2.05, 4.69) is 9.97 Å². The third-order valence-corrected chi connectivity index (χ3v) is 3.09. The van der Waals surface area contributed by atoms with Gasteiger partial charge in [-0.15, -0.1) is 11.6 Å². The van der Waals surface area contributed by atoms with Crippen molar-refractivity contribution in [2.24, 2.45) is 0 Å². The van der Waals surface area contributed by atoms with Gasteiger partial charge in [-0.2, -0.15) is 0 Å². The summed E-state index contributed by atoms with van der Waals surface area (Å²) in [6.45, 7) is 0. The Morgan fingerprint density at radius 1 is 1.20 bits per heavy atom. The predicted octanol–water partition coefficient (Wildman–Crippen LogP) is 3.43. The van der Waals surface area contributed by atoms with Gasteiger partial charge in [0, 0.05) is 23.7 Å². The monoisotopic (exact) mass is 302 g/mol. The van der Waals surface area contributed by atoms with Crippen molar-refractivity contribution in [2.45, 2.75) is 11.8 Å². The van der Waals surface area contributed by atoms with Crippen LogP contribution in [0.25, 0.3) is 0 Å². The van der Waals surface area contributed by atoms with Crippen LogP contribution < -0.4 is 4.74 Å². The number of nitrogens with zero attached hydrogens (tertiary/aromatic N) is 2. The first-order valence-electron chi connectivity index (χ1n) is 5.65. The maximum Gasteiger partial charge on any atom is 0.216 e. The Labute approximate surface area is 118 Å². The number of ether oxygens (including phenoxy) is 1. The molecule has 0 saturated heterocycles. The van der Waals surface area contributed by atoms with E-state index in [9.17, 15) is 13.2 Å². The lowest BCUT2D eigenvalue weighted by molar-refractivity contribution is 0.395. The normalized spacial score (nSPS) is 12.2. The highest BCUT2D eigenvalue weighted by molar-refractivity contribution is 6.20. The van der Waals surface area contributed by atoms with Gasteiger partial charge in [-0.3, -0.25) is 0 Å². The van der Waals surface area contributed by atoms with E-state index in [4.69, 9.17) is 16.3 Å².